The highest BCUT2D eigenvalue weighted by Gasteiger charge is 2.15. The van der Waals surface area contributed by atoms with Crippen LogP contribution in [0.25, 0.3) is 11.4 Å². The second-order valence-electron chi connectivity index (χ2n) is 2.99. The van der Waals surface area contributed by atoms with E-state index in [0.29, 0.717) is 17.1 Å². The molecule has 0 radical (unpaired) electrons. The highest BCUT2D eigenvalue weighted by molar-refractivity contribution is 5.69. The van der Waals surface area contributed by atoms with Crippen molar-refractivity contribution < 1.29 is 9.45 Å². The molecule has 2 aromatic rings. The van der Waals surface area contributed by atoms with Gasteiger partial charge in [-0.05, 0) is 12.1 Å². The highest BCUT2D eigenvalue weighted by Crippen LogP contribution is 2.28. The van der Waals surface area contributed by atoms with Gasteiger partial charge in [-0.15, -0.1) is 0 Å². The van der Waals surface area contributed by atoms with Crippen molar-refractivity contribution in [2.75, 3.05) is 12.4 Å². The molecule has 82 valence electrons. The minimum Gasteiger partial charge on any atom is -0.383 e. The first kappa shape index (κ1) is 10.1. The molecule has 0 spiro atoms. The summed E-state index contributed by atoms with van der Waals surface area (Å²) in [4.78, 5) is 14.2. The van der Waals surface area contributed by atoms with Gasteiger partial charge < -0.3 is 9.84 Å². The standard InChI is InChI=1S/C9H8N4O3/c1-10-7-3-2-6(4-8(7)13(14)15)9-11-5-16-12-9/h2-5,10H,1H3. The minimum absolute atomic E-state index is 0.0233. The van der Waals surface area contributed by atoms with Gasteiger partial charge in [0.15, 0.2) is 0 Å². The van der Waals surface area contributed by atoms with Gasteiger partial charge in [-0.3, -0.25) is 10.1 Å². The Hall–Kier alpha value is -2.44. The molecule has 0 unspecified atom stereocenters. The molecule has 0 fully saturated rings. The fourth-order valence-corrected chi connectivity index (χ4v) is 1.33. The van der Waals surface area contributed by atoms with Crippen LogP contribution in [0.3, 0.4) is 0 Å². The quantitative estimate of drug-likeness (QED) is 0.624. The van der Waals surface area contributed by atoms with Crippen molar-refractivity contribution in [1.29, 1.82) is 0 Å². The second-order valence-corrected chi connectivity index (χ2v) is 2.99. The number of nitrogens with zero attached hydrogens (tertiary/aromatic N) is 3. The van der Waals surface area contributed by atoms with Gasteiger partial charge in [-0.1, -0.05) is 5.16 Å². The third-order valence-electron chi connectivity index (χ3n) is 2.08. The number of nitrogens with one attached hydrogen (secondary N) is 1. The number of hydrogen-bond acceptors (Lipinski definition) is 6. The Morgan fingerprint density at radius 2 is 2.31 bits per heavy atom. The van der Waals surface area contributed by atoms with E-state index in [-0.39, 0.29) is 5.69 Å². The van der Waals surface area contributed by atoms with Crippen molar-refractivity contribution in [3.8, 4) is 11.4 Å². The lowest BCUT2D eigenvalue weighted by Crippen LogP contribution is -1.97. The molecule has 1 aromatic heterocycles. The van der Waals surface area contributed by atoms with Crippen LogP contribution in [0, 0.1) is 10.1 Å². The summed E-state index contributed by atoms with van der Waals surface area (Å²) in [6.45, 7) is 0. The van der Waals surface area contributed by atoms with Gasteiger partial charge in [-0.25, -0.2) is 0 Å². The molecule has 0 aliphatic rings. The van der Waals surface area contributed by atoms with Crippen LogP contribution >= 0.6 is 0 Å². The van der Waals surface area contributed by atoms with E-state index in [1.54, 1.807) is 19.2 Å². The molecular formula is C9H8N4O3. The second kappa shape index (κ2) is 3.97. The summed E-state index contributed by atoms with van der Waals surface area (Å²) >= 11 is 0. The highest BCUT2D eigenvalue weighted by atomic mass is 16.6. The Morgan fingerprint density at radius 1 is 1.50 bits per heavy atom. The van der Waals surface area contributed by atoms with Gasteiger partial charge >= 0.3 is 0 Å². The van der Waals surface area contributed by atoms with Crippen LogP contribution < -0.4 is 5.32 Å². The third kappa shape index (κ3) is 1.70. The van der Waals surface area contributed by atoms with Crippen molar-refractivity contribution >= 4 is 11.4 Å². The van der Waals surface area contributed by atoms with Crippen molar-refractivity contribution in [2.45, 2.75) is 0 Å². The summed E-state index contributed by atoms with van der Waals surface area (Å²) in [6, 6.07) is 4.68. The third-order valence-corrected chi connectivity index (χ3v) is 2.08. The van der Waals surface area contributed by atoms with Gasteiger partial charge in [0, 0.05) is 18.7 Å². The molecule has 1 aromatic carbocycles. The van der Waals surface area contributed by atoms with Crippen molar-refractivity contribution in [3.63, 3.8) is 0 Å². The Morgan fingerprint density at radius 3 is 2.88 bits per heavy atom. The summed E-state index contributed by atoms with van der Waals surface area (Å²) in [5.74, 6) is 0.325. The predicted molar refractivity (Wildman–Crippen MR) is 55.9 cm³/mol. The van der Waals surface area contributed by atoms with Crippen LogP contribution in [0.5, 0.6) is 0 Å². The molecule has 0 aliphatic carbocycles. The molecular weight excluding hydrogens is 212 g/mol. The number of nitro benzene ring substituents is 1. The summed E-state index contributed by atoms with van der Waals surface area (Å²) in [7, 11) is 1.62. The molecule has 0 atom stereocenters. The molecule has 1 N–H and O–H groups in total. The minimum atomic E-state index is -0.463. The predicted octanol–water partition coefficient (Wildman–Crippen LogP) is 1.69. The van der Waals surface area contributed by atoms with E-state index >= 15 is 0 Å². The summed E-state index contributed by atoms with van der Waals surface area (Å²) in [5.41, 5.74) is 0.960. The number of hydrogen-bond donors (Lipinski definition) is 1. The lowest BCUT2D eigenvalue weighted by molar-refractivity contribution is -0.383. The van der Waals surface area contributed by atoms with Crippen molar-refractivity contribution in [1.82, 2.24) is 10.1 Å². The maximum Gasteiger partial charge on any atom is 0.293 e. The average molecular weight is 220 g/mol. The first-order valence-electron chi connectivity index (χ1n) is 4.45. The van der Waals surface area contributed by atoms with E-state index < -0.39 is 4.92 Å². The molecule has 16 heavy (non-hydrogen) atoms. The fourth-order valence-electron chi connectivity index (χ4n) is 1.33. The van der Waals surface area contributed by atoms with Gasteiger partial charge in [0.1, 0.15) is 5.69 Å². The van der Waals surface area contributed by atoms with Gasteiger partial charge in [-0.2, -0.15) is 4.98 Å². The molecule has 0 bridgehead atoms. The average Bonchev–Trinajstić information content (AvgIpc) is 2.81. The molecule has 0 saturated heterocycles. The normalized spacial score (nSPS) is 10.1. The molecule has 7 nitrogen and oxygen atoms in total. The van der Waals surface area contributed by atoms with Gasteiger partial charge in [0.05, 0.1) is 4.92 Å². The zero-order chi connectivity index (χ0) is 11.5. The lowest BCUT2D eigenvalue weighted by atomic mass is 10.1. The van der Waals surface area contributed by atoms with E-state index in [9.17, 15) is 10.1 Å². The van der Waals surface area contributed by atoms with E-state index in [0.717, 1.165) is 0 Å². The Labute approximate surface area is 90.2 Å². The van der Waals surface area contributed by atoms with Crippen molar-refractivity contribution in [2.24, 2.45) is 0 Å². The van der Waals surface area contributed by atoms with Gasteiger partial charge in [0.2, 0.25) is 12.2 Å². The molecule has 1 heterocycles. The zero-order valence-electron chi connectivity index (χ0n) is 8.38. The lowest BCUT2D eigenvalue weighted by Gasteiger charge is -2.02. The van der Waals surface area contributed by atoms with Crippen LogP contribution in [0.4, 0.5) is 11.4 Å². The molecule has 0 amide bonds. The van der Waals surface area contributed by atoms with Crippen LogP contribution in [0.2, 0.25) is 0 Å². The van der Waals surface area contributed by atoms with Crippen LogP contribution in [0.15, 0.2) is 29.1 Å². The Bertz CT molecular complexity index is 509. The monoisotopic (exact) mass is 220 g/mol. The van der Waals surface area contributed by atoms with Crippen molar-refractivity contribution in [3.05, 3.63) is 34.7 Å². The van der Waals surface area contributed by atoms with E-state index in [2.05, 4.69) is 20.0 Å². The number of aromatic nitrogens is 2. The Kier molecular flexibility index (Phi) is 2.50. The molecule has 0 saturated carbocycles. The van der Waals surface area contributed by atoms with E-state index in [1.807, 2.05) is 0 Å². The molecule has 7 heteroatoms. The number of rotatable bonds is 3. The Balaban J connectivity index is 2.51. The number of anilines is 1. The largest absolute Gasteiger partial charge is 0.383 e. The van der Waals surface area contributed by atoms with Crippen LogP contribution in [0.1, 0.15) is 0 Å². The summed E-state index contributed by atoms with van der Waals surface area (Å²) in [6.07, 6.45) is 1.17. The van der Waals surface area contributed by atoms with Crippen LogP contribution in [-0.4, -0.2) is 22.1 Å². The maximum absolute atomic E-state index is 10.8. The van der Waals surface area contributed by atoms with E-state index in [4.69, 9.17) is 0 Å². The van der Waals surface area contributed by atoms with Crippen LogP contribution in [-0.2, 0) is 0 Å². The maximum atomic E-state index is 10.8. The first-order chi connectivity index (χ1) is 7.72. The molecule has 0 aliphatic heterocycles. The number of nitro groups is 1. The topological polar surface area (TPSA) is 94.1 Å². The van der Waals surface area contributed by atoms with E-state index in [1.165, 1.54) is 12.5 Å². The zero-order valence-corrected chi connectivity index (χ0v) is 8.38. The number of benzene rings is 1. The summed E-state index contributed by atoms with van der Waals surface area (Å²) < 4.78 is 4.58. The fraction of sp³-hybridized carbons (Fsp3) is 0.111. The van der Waals surface area contributed by atoms with Gasteiger partial charge in [0.25, 0.3) is 5.69 Å². The molecule has 2 rings (SSSR count). The smallest absolute Gasteiger partial charge is 0.293 e. The first-order valence-corrected chi connectivity index (χ1v) is 4.45. The SMILES string of the molecule is CNc1ccc(-c2ncon2)cc1[N+](=O)[O-]. The summed E-state index contributed by atoms with van der Waals surface area (Å²) in [5, 5.41) is 17.2.